The van der Waals surface area contributed by atoms with Crippen molar-refractivity contribution in [1.29, 1.82) is 0 Å². The maximum absolute atomic E-state index is 12.1. The number of rotatable bonds is 5. The van der Waals surface area contributed by atoms with E-state index in [1.165, 1.54) is 0 Å². The Morgan fingerprint density at radius 1 is 1.30 bits per heavy atom. The van der Waals surface area contributed by atoms with Crippen molar-refractivity contribution in [2.75, 3.05) is 11.9 Å². The smallest absolute Gasteiger partial charge is 0.253 e. The summed E-state index contributed by atoms with van der Waals surface area (Å²) in [6.45, 7) is 2.60. The van der Waals surface area contributed by atoms with E-state index in [2.05, 4.69) is 10.6 Å². The van der Waals surface area contributed by atoms with Gasteiger partial charge in [0.25, 0.3) is 5.91 Å². The molecule has 1 aromatic rings. The van der Waals surface area contributed by atoms with Gasteiger partial charge < -0.3 is 16.4 Å². The van der Waals surface area contributed by atoms with Gasteiger partial charge in [-0.25, -0.2) is 0 Å². The van der Waals surface area contributed by atoms with Gasteiger partial charge >= 0.3 is 0 Å². The number of benzene rings is 1. The van der Waals surface area contributed by atoms with Crippen LogP contribution in [0.2, 0.25) is 0 Å². The van der Waals surface area contributed by atoms with Crippen LogP contribution in [0.25, 0.3) is 0 Å². The van der Waals surface area contributed by atoms with Gasteiger partial charge in [0.15, 0.2) is 0 Å². The first-order chi connectivity index (χ1) is 9.57. The highest BCUT2D eigenvalue weighted by Gasteiger charge is 2.40. The Morgan fingerprint density at radius 3 is 2.60 bits per heavy atom. The zero-order valence-electron chi connectivity index (χ0n) is 11.7. The summed E-state index contributed by atoms with van der Waals surface area (Å²) in [6, 6.07) is 6.99. The van der Waals surface area contributed by atoms with E-state index >= 15 is 0 Å². The van der Waals surface area contributed by atoms with Gasteiger partial charge in [0, 0.05) is 6.54 Å². The molecule has 0 atom stereocenters. The van der Waals surface area contributed by atoms with Crippen molar-refractivity contribution in [2.45, 2.75) is 38.1 Å². The van der Waals surface area contributed by atoms with Crippen molar-refractivity contribution in [3.8, 4) is 0 Å². The highest BCUT2D eigenvalue weighted by molar-refractivity contribution is 6.06. The summed E-state index contributed by atoms with van der Waals surface area (Å²) in [5.74, 6) is -0.387. The number of hydrogen-bond acceptors (Lipinski definition) is 3. The number of hydrogen-bond donors (Lipinski definition) is 3. The quantitative estimate of drug-likeness (QED) is 0.764. The Bertz CT molecular complexity index is 510. The summed E-state index contributed by atoms with van der Waals surface area (Å²) < 4.78 is 0. The van der Waals surface area contributed by atoms with E-state index in [9.17, 15) is 9.59 Å². The maximum Gasteiger partial charge on any atom is 0.253 e. The summed E-state index contributed by atoms with van der Waals surface area (Å²) in [5.41, 5.74) is 6.20. The normalized spacial score (nSPS) is 16.1. The Kier molecular flexibility index (Phi) is 4.39. The molecule has 4 N–H and O–H groups in total. The van der Waals surface area contributed by atoms with Crippen molar-refractivity contribution in [1.82, 2.24) is 5.32 Å². The second-order valence-electron chi connectivity index (χ2n) is 5.27. The molecule has 1 aromatic carbocycles. The van der Waals surface area contributed by atoms with Crippen LogP contribution in [0.3, 0.4) is 0 Å². The lowest BCUT2D eigenvalue weighted by molar-refractivity contribution is -0.123. The molecule has 108 valence electrons. The third-order valence-corrected chi connectivity index (χ3v) is 3.65. The molecule has 0 heterocycles. The van der Waals surface area contributed by atoms with Crippen LogP contribution in [0.5, 0.6) is 0 Å². The van der Waals surface area contributed by atoms with Gasteiger partial charge in [-0.2, -0.15) is 0 Å². The van der Waals surface area contributed by atoms with E-state index in [0.29, 0.717) is 30.6 Å². The third-order valence-electron chi connectivity index (χ3n) is 3.65. The molecule has 0 unspecified atom stereocenters. The predicted octanol–water partition coefficient (Wildman–Crippen LogP) is 1.65. The van der Waals surface area contributed by atoms with Crippen LogP contribution >= 0.6 is 0 Å². The molecule has 1 fully saturated rings. The average molecular weight is 275 g/mol. The minimum atomic E-state index is -0.771. The molecule has 5 nitrogen and oxygen atoms in total. The molecule has 1 aliphatic carbocycles. The summed E-state index contributed by atoms with van der Waals surface area (Å²) in [6.07, 6.45) is 3.24. The van der Waals surface area contributed by atoms with Crippen molar-refractivity contribution >= 4 is 17.5 Å². The molecule has 0 saturated heterocycles. The molecule has 5 heteroatoms. The number of nitrogens with one attached hydrogen (secondary N) is 2. The summed E-state index contributed by atoms with van der Waals surface area (Å²) in [7, 11) is 0. The fraction of sp³-hybridized carbons (Fsp3) is 0.467. The Hall–Kier alpha value is -1.88. The molecule has 0 aromatic heterocycles. The molecule has 1 saturated carbocycles. The van der Waals surface area contributed by atoms with Crippen LogP contribution in [0.4, 0.5) is 5.69 Å². The highest BCUT2D eigenvalue weighted by atomic mass is 16.2. The Balaban J connectivity index is 2.11. The van der Waals surface area contributed by atoms with Crippen molar-refractivity contribution < 1.29 is 9.59 Å². The van der Waals surface area contributed by atoms with E-state index in [-0.39, 0.29) is 11.8 Å². The first-order valence-electron chi connectivity index (χ1n) is 7.04. The van der Waals surface area contributed by atoms with Crippen LogP contribution in [0.15, 0.2) is 24.3 Å². The monoisotopic (exact) mass is 275 g/mol. The first kappa shape index (κ1) is 14.5. The van der Waals surface area contributed by atoms with Crippen LogP contribution in [-0.2, 0) is 4.79 Å². The topological polar surface area (TPSA) is 84.2 Å². The number of nitrogens with two attached hydrogens (primary N) is 1. The van der Waals surface area contributed by atoms with E-state index in [0.717, 1.165) is 12.8 Å². The zero-order chi connectivity index (χ0) is 14.6. The summed E-state index contributed by atoms with van der Waals surface area (Å²) >= 11 is 0. The number of carbonyl (C=O) groups is 2. The second-order valence-corrected chi connectivity index (χ2v) is 5.27. The largest absolute Gasteiger partial charge is 0.352 e. The fourth-order valence-corrected chi connectivity index (χ4v) is 2.16. The van der Waals surface area contributed by atoms with Gasteiger partial charge in [-0.3, -0.25) is 9.59 Å². The fourth-order valence-electron chi connectivity index (χ4n) is 2.16. The van der Waals surface area contributed by atoms with E-state index in [4.69, 9.17) is 5.73 Å². The number of amides is 2. The highest BCUT2D eigenvalue weighted by Crippen LogP contribution is 2.30. The number of anilines is 1. The SMILES string of the molecule is CCCNC(=O)c1ccccc1NC(=O)C1(N)CCC1. The second kappa shape index (κ2) is 6.05. The minimum Gasteiger partial charge on any atom is -0.352 e. The van der Waals surface area contributed by atoms with Crippen LogP contribution < -0.4 is 16.4 Å². The Labute approximate surface area is 118 Å². The summed E-state index contributed by atoms with van der Waals surface area (Å²) in [4.78, 5) is 24.2. The predicted molar refractivity (Wildman–Crippen MR) is 78.5 cm³/mol. The lowest BCUT2D eigenvalue weighted by Gasteiger charge is -2.36. The third kappa shape index (κ3) is 2.99. The van der Waals surface area contributed by atoms with Gasteiger partial charge in [-0.05, 0) is 37.8 Å². The Morgan fingerprint density at radius 2 is 2.00 bits per heavy atom. The molecular weight excluding hydrogens is 254 g/mol. The van der Waals surface area contributed by atoms with Gasteiger partial charge in [-0.1, -0.05) is 19.1 Å². The van der Waals surface area contributed by atoms with E-state index in [1.807, 2.05) is 6.92 Å². The molecule has 2 amide bonds. The standard InChI is InChI=1S/C15H21N3O2/c1-2-10-17-13(19)11-6-3-4-7-12(11)18-14(20)15(16)8-5-9-15/h3-4,6-7H,2,5,8-10,16H2,1H3,(H,17,19)(H,18,20). The molecule has 20 heavy (non-hydrogen) atoms. The molecule has 1 aliphatic rings. The molecular formula is C15H21N3O2. The van der Waals surface area contributed by atoms with Gasteiger partial charge in [0.05, 0.1) is 16.8 Å². The number of para-hydroxylation sites is 1. The first-order valence-corrected chi connectivity index (χ1v) is 7.04. The van der Waals surface area contributed by atoms with E-state index in [1.54, 1.807) is 24.3 Å². The van der Waals surface area contributed by atoms with Gasteiger partial charge in [0.1, 0.15) is 0 Å². The summed E-state index contributed by atoms with van der Waals surface area (Å²) in [5, 5.41) is 5.59. The molecule has 0 radical (unpaired) electrons. The maximum atomic E-state index is 12.1. The van der Waals surface area contributed by atoms with Crippen molar-refractivity contribution in [3.63, 3.8) is 0 Å². The molecule has 2 rings (SSSR count). The van der Waals surface area contributed by atoms with Gasteiger partial charge in [-0.15, -0.1) is 0 Å². The van der Waals surface area contributed by atoms with Crippen LogP contribution in [-0.4, -0.2) is 23.9 Å². The zero-order valence-corrected chi connectivity index (χ0v) is 11.7. The molecule has 0 aliphatic heterocycles. The van der Waals surface area contributed by atoms with Crippen molar-refractivity contribution in [3.05, 3.63) is 29.8 Å². The van der Waals surface area contributed by atoms with Crippen LogP contribution in [0.1, 0.15) is 43.0 Å². The average Bonchev–Trinajstić information content (AvgIpc) is 2.42. The van der Waals surface area contributed by atoms with Crippen LogP contribution in [0, 0.1) is 0 Å². The lowest BCUT2D eigenvalue weighted by atomic mass is 9.77. The minimum absolute atomic E-state index is 0.178. The van der Waals surface area contributed by atoms with Crippen molar-refractivity contribution in [2.24, 2.45) is 5.73 Å². The van der Waals surface area contributed by atoms with Gasteiger partial charge in [0.2, 0.25) is 5.91 Å². The van der Waals surface area contributed by atoms with E-state index < -0.39 is 5.54 Å². The molecule has 0 bridgehead atoms. The number of carbonyl (C=O) groups excluding carboxylic acids is 2. The molecule has 0 spiro atoms. The lowest BCUT2D eigenvalue weighted by Crippen LogP contribution is -2.56.